The monoisotopic (exact) mass is 438 g/mol. The summed E-state index contributed by atoms with van der Waals surface area (Å²) in [7, 11) is 0. The van der Waals surface area contributed by atoms with E-state index in [4.69, 9.17) is 4.74 Å². The Hall–Kier alpha value is -2.98. The van der Waals surface area contributed by atoms with Crippen LogP contribution in [0.25, 0.3) is 0 Å². The Morgan fingerprint density at radius 3 is 1.16 bits per heavy atom. The van der Waals surface area contributed by atoms with E-state index in [1.54, 1.807) is 0 Å². The van der Waals surface area contributed by atoms with Gasteiger partial charge in [0.2, 0.25) is 0 Å². The number of carboxylic acid groups (broad SMARTS) is 4. The quantitative estimate of drug-likeness (QED) is 0.326. The zero-order valence-corrected chi connectivity index (χ0v) is 16.2. The van der Waals surface area contributed by atoms with Gasteiger partial charge in [0, 0.05) is 0 Å². The van der Waals surface area contributed by atoms with E-state index in [1.807, 2.05) is 0 Å². The molecule has 31 heavy (non-hydrogen) atoms. The van der Waals surface area contributed by atoms with Crippen molar-refractivity contribution in [2.24, 2.45) is 59.2 Å². The van der Waals surface area contributed by atoms with Gasteiger partial charge in [-0.3, -0.25) is 28.8 Å². The molecule has 0 radical (unpaired) electrons. The summed E-state index contributed by atoms with van der Waals surface area (Å²) in [6.45, 7) is 0. The Bertz CT molecular complexity index is 808. The molecule has 10 unspecified atom stereocenters. The summed E-state index contributed by atoms with van der Waals surface area (Å²) in [5.41, 5.74) is 0. The van der Waals surface area contributed by atoms with E-state index in [-0.39, 0.29) is 25.7 Å². The van der Waals surface area contributed by atoms with Crippen LogP contribution in [0.3, 0.4) is 0 Å². The van der Waals surface area contributed by atoms with Crippen LogP contribution in [0.15, 0.2) is 0 Å². The molecule has 11 heteroatoms. The molecule has 4 rings (SSSR count). The molecule has 0 aromatic carbocycles. The van der Waals surface area contributed by atoms with Gasteiger partial charge in [-0.15, -0.1) is 0 Å². The van der Waals surface area contributed by atoms with Crippen molar-refractivity contribution >= 4 is 35.8 Å². The fourth-order valence-corrected chi connectivity index (χ4v) is 6.88. The van der Waals surface area contributed by atoms with Gasteiger partial charge in [-0.05, 0) is 49.4 Å². The molecule has 0 aromatic heterocycles. The first kappa shape index (κ1) is 21.3. The molecule has 11 nitrogen and oxygen atoms in total. The van der Waals surface area contributed by atoms with Crippen molar-refractivity contribution in [2.45, 2.75) is 25.7 Å². The van der Waals surface area contributed by atoms with Gasteiger partial charge in [0.05, 0.1) is 35.5 Å². The Balaban J connectivity index is 1.50. The fourth-order valence-electron chi connectivity index (χ4n) is 6.88. The molecule has 168 valence electrons. The first-order chi connectivity index (χ1) is 14.5. The Labute approximate surface area is 175 Å². The van der Waals surface area contributed by atoms with Gasteiger partial charge in [0.15, 0.2) is 0 Å². The standard InChI is InChI=1S/C20H22O11/c21-15(22)9-3-5-1-7(9)13(17(25)26)11(5)19(29)31-20(30)12-6-2-8(14(12)18(27)28)10(4-6)16(23)24/h5-14H,1-4H2,(H,21,22)(H,23,24)(H,25,26)(H,27,28). The molecule has 0 saturated heterocycles. The second-order valence-electron chi connectivity index (χ2n) is 9.20. The van der Waals surface area contributed by atoms with Crippen molar-refractivity contribution < 1.29 is 53.9 Å². The van der Waals surface area contributed by atoms with Gasteiger partial charge < -0.3 is 25.2 Å². The molecular formula is C20H22O11. The molecule has 4 saturated carbocycles. The molecular weight excluding hydrogens is 416 g/mol. The third kappa shape index (κ3) is 3.17. The van der Waals surface area contributed by atoms with Crippen LogP contribution in [0.2, 0.25) is 0 Å². The number of carboxylic acids is 4. The first-order valence-corrected chi connectivity index (χ1v) is 10.2. The molecule has 4 bridgehead atoms. The highest BCUT2D eigenvalue weighted by Gasteiger charge is 2.63. The topological polar surface area (TPSA) is 193 Å². The number of hydrogen-bond donors (Lipinski definition) is 4. The van der Waals surface area contributed by atoms with Crippen LogP contribution in [-0.2, 0) is 33.5 Å². The summed E-state index contributed by atoms with van der Waals surface area (Å²) in [5.74, 6) is -16.3. The van der Waals surface area contributed by atoms with Crippen molar-refractivity contribution in [3.8, 4) is 0 Å². The van der Waals surface area contributed by atoms with Crippen molar-refractivity contribution in [3.05, 3.63) is 0 Å². The predicted molar refractivity (Wildman–Crippen MR) is 95.0 cm³/mol. The van der Waals surface area contributed by atoms with Gasteiger partial charge in [-0.1, -0.05) is 0 Å². The zero-order valence-electron chi connectivity index (χ0n) is 16.2. The van der Waals surface area contributed by atoms with Crippen molar-refractivity contribution in [2.75, 3.05) is 0 Å². The summed E-state index contributed by atoms with van der Waals surface area (Å²) >= 11 is 0. The smallest absolute Gasteiger partial charge is 0.317 e. The minimum atomic E-state index is -1.33. The molecule has 4 fully saturated rings. The Morgan fingerprint density at radius 1 is 0.516 bits per heavy atom. The van der Waals surface area contributed by atoms with E-state index in [0.29, 0.717) is 0 Å². The second-order valence-corrected chi connectivity index (χ2v) is 9.20. The molecule has 4 N–H and O–H groups in total. The Morgan fingerprint density at radius 2 is 0.871 bits per heavy atom. The maximum Gasteiger partial charge on any atom is 0.317 e. The average molecular weight is 438 g/mol. The predicted octanol–water partition coefficient (Wildman–Crippen LogP) is 0.171. The molecule has 0 aliphatic heterocycles. The maximum absolute atomic E-state index is 12.8. The third-order valence-corrected chi connectivity index (χ3v) is 7.96. The van der Waals surface area contributed by atoms with E-state index >= 15 is 0 Å². The van der Waals surface area contributed by atoms with Crippen LogP contribution in [0, 0.1) is 59.2 Å². The average Bonchev–Trinajstić information content (AvgIpc) is 3.43. The summed E-state index contributed by atoms with van der Waals surface area (Å²) in [4.78, 5) is 71.7. The van der Waals surface area contributed by atoms with Crippen LogP contribution in [0.1, 0.15) is 25.7 Å². The second kappa shape index (κ2) is 7.31. The van der Waals surface area contributed by atoms with E-state index in [2.05, 4.69) is 0 Å². The van der Waals surface area contributed by atoms with Crippen LogP contribution in [0.5, 0.6) is 0 Å². The fraction of sp³-hybridized carbons (Fsp3) is 0.700. The number of ether oxygens (including phenoxy) is 1. The number of carbonyl (C=O) groups is 6. The number of rotatable bonds is 6. The lowest BCUT2D eigenvalue weighted by atomic mass is 9.73. The van der Waals surface area contributed by atoms with Crippen LogP contribution >= 0.6 is 0 Å². The molecule has 4 aliphatic rings. The highest BCUT2D eigenvalue weighted by molar-refractivity contribution is 5.94. The SMILES string of the molecule is O=C(O)C1CC2CC1C(C(=O)O)C2C(=O)OC(=O)C1C2CC(C(=O)O)C(C2)C1C(=O)O. The van der Waals surface area contributed by atoms with E-state index < -0.39 is 95.0 Å². The van der Waals surface area contributed by atoms with E-state index in [9.17, 15) is 49.2 Å². The summed E-state index contributed by atoms with van der Waals surface area (Å²) < 4.78 is 4.98. The molecule has 4 aliphatic carbocycles. The lowest BCUT2D eigenvalue weighted by molar-refractivity contribution is -0.177. The van der Waals surface area contributed by atoms with Crippen molar-refractivity contribution in [1.29, 1.82) is 0 Å². The summed E-state index contributed by atoms with van der Waals surface area (Å²) in [6.07, 6.45) is 0.690. The number of aliphatic carboxylic acids is 4. The van der Waals surface area contributed by atoms with Gasteiger partial charge in [0.1, 0.15) is 0 Å². The lowest BCUT2D eigenvalue weighted by Crippen LogP contribution is -2.44. The molecule has 0 heterocycles. The minimum Gasteiger partial charge on any atom is -0.481 e. The zero-order chi connectivity index (χ0) is 22.8. The minimum absolute atomic E-state index is 0.115. The van der Waals surface area contributed by atoms with Crippen LogP contribution in [-0.4, -0.2) is 56.2 Å². The summed E-state index contributed by atoms with van der Waals surface area (Å²) in [6, 6.07) is 0. The van der Waals surface area contributed by atoms with E-state index in [1.165, 1.54) is 0 Å². The van der Waals surface area contributed by atoms with Crippen molar-refractivity contribution in [3.63, 3.8) is 0 Å². The molecule has 0 spiro atoms. The largest absolute Gasteiger partial charge is 0.481 e. The van der Waals surface area contributed by atoms with Gasteiger partial charge in [-0.25, -0.2) is 0 Å². The maximum atomic E-state index is 12.8. The van der Waals surface area contributed by atoms with Crippen LogP contribution in [0.4, 0.5) is 0 Å². The van der Waals surface area contributed by atoms with Crippen LogP contribution < -0.4 is 0 Å². The van der Waals surface area contributed by atoms with Gasteiger partial charge in [0.25, 0.3) is 0 Å². The van der Waals surface area contributed by atoms with E-state index in [0.717, 1.165) is 0 Å². The summed E-state index contributed by atoms with van der Waals surface area (Å²) in [5, 5.41) is 37.7. The first-order valence-electron chi connectivity index (χ1n) is 10.2. The number of fused-ring (bicyclic) bond motifs is 4. The molecule has 0 aromatic rings. The van der Waals surface area contributed by atoms with Gasteiger partial charge in [-0.2, -0.15) is 0 Å². The number of hydrogen-bond acceptors (Lipinski definition) is 7. The number of esters is 2. The third-order valence-electron chi connectivity index (χ3n) is 7.96. The lowest BCUT2D eigenvalue weighted by Gasteiger charge is -2.32. The highest BCUT2D eigenvalue weighted by atomic mass is 16.6. The Kier molecular flexibility index (Phi) is 5.01. The van der Waals surface area contributed by atoms with Gasteiger partial charge >= 0.3 is 35.8 Å². The highest BCUT2D eigenvalue weighted by Crippen LogP contribution is 2.57. The van der Waals surface area contributed by atoms with Crippen molar-refractivity contribution in [1.82, 2.24) is 0 Å². The number of carbonyl (C=O) groups excluding carboxylic acids is 2. The molecule has 0 amide bonds. The molecule has 10 atom stereocenters. The normalized spacial score (nSPS) is 42.3.